The summed E-state index contributed by atoms with van der Waals surface area (Å²) in [6.07, 6.45) is 2.54. The molecule has 1 aromatic carbocycles. The number of benzene rings is 1. The molecule has 1 saturated heterocycles. The molecule has 0 radical (unpaired) electrons. The Morgan fingerprint density at radius 1 is 1.31 bits per heavy atom. The van der Waals surface area contributed by atoms with Crippen molar-refractivity contribution in [2.24, 2.45) is 0 Å². The van der Waals surface area contributed by atoms with Gasteiger partial charge in [-0.05, 0) is 63.5 Å². The summed E-state index contributed by atoms with van der Waals surface area (Å²) < 4.78 is 5.55. The Kier molecular flexibility index (Phi) is 3.83. The smallest absolute Gasteiger partial charge is 0.119 e. The average Bonchev–Trinajstić information content (AvgIpc) is 2.31. The van der Waals surface area contributed by atoms with E-state index in [2.05, 4.69) is 30.1 Å². The fourth-order valence-corrected chi connectivity index (χ4v) is 2.37. The van der Waals surface area contributed by atoms with Crippen molar-refractivity contribution in [1.82, 2.24) is 4.90 Å². The summed E-state index contributed by atoms with van der Waals surface area (Å²) in [6, 6.07) is 8.60. The highest BCUT2D eigenvalue weighted by molar-refractivity contribution is 5.31. The lowest BCUT2D eigenvalue weighted by atomic mass is 9.89. The van der Waals surface area contributed by atoms with E-state index in [1.165, 1.54) is 31.5 Å². The predicted molar refractivity (Wildman–Crippen MR) is 67.1 cm³/mol. The Balaban J connectivity index is 2.05. The van der Waals surface area contributed by atoms with E-state index in [4.69, 9.17) is 4.74 Å². The molecule has 0 aliphatic carbocycles. The van der Waals surface area contributed by atoms with Crippen LogP contribution < -0.4 is 4.74 Å². The molecule has 2 nitrogen and oxygen atoms in total. The van der Waals surface area contributed by atoms with Gasteiger partial charge in [0.2, 0.25) is 0 Å². The first-order chi connectivity index (χ1) is 7.79. The van der Waals surface area contributed by atoms with Gasteiger partial charge in [0.1, 0.15) is 5.75 Å². The molecule has 0 unspecified atom stereocenters. The monoisotopic (exact) mass is 219 g/mol. The SMILES string of the molecule is CCOc1cccc(C2CCN(C)CC2)c1. The molecular formula is C14H21NO. The van der Waals surface area contributed by atoms with Crippen LogP contribution in [0.5, 0.6) is 5.75 Å². The summed E-state index contributed by atoms with van der Waals surface area (Å²) in [5, 5.41) is 0. The highest BCUT2D eigenvalue weighted by Crippen LogP contribution is 2.29. The molecule has 0 spiro atoms. The van der Waals surface area contributed by atoms with Crippen LogP contribution >= 0.6 is 0 Å². The van der Waals surface area contributed by atoms with Gasteiger partial charge in [-0.1, -0.05) is 12.1 Å². The van der Waals surface area contributed by atoms with Gasteiger partial charge in [-0.2, -0.15) is 0 Å². The number of hydrogen-bond donors (Lipinski definition) is 0. The maximum atomic E-state index is 5.55. The second-order valence-corrected chi connectivity index (χ2v) is 4.58. The second kappa shape index (κ2) is 5.35. The Bertz CT molecular complexity index is 329. The van der Waals surface area contributed by atoms with Crippen molar-refractivity contribution < 1.29 is 4.74 Å². The van der Waals surface area contributed by atoms with Gasteiger partial charge in [-0.25, -0.2) is 0 Å². The van der Waals surface area contributed by atoms with Crippen molar-refractivity contribution in [3.05, 3.63) is 29.8 Å². The number of nitrogens with zero attached hydrogens (tertiary/aromatic N) is 1. The van der Waals surface area contributed by atoms with Crippen molar-refractivity contribution in [1.29, 1.82) is 0 Å². The molecule has 0 bridgehead atoms. The second-order valence-electron chi connectivity index (χ2n) is 4.58. The van der Waals surface area contributed by atoms with Crippen LogP contribution in [-0.2, 0) is 0 Å². The van der Waals surface area contributed by atoms with E-state index in [1.807, 2.05) is 13.0 Å². The number of hydrogen-bond acceptors (Lipinski definition) is 2. The molecule has 1 aliphatic heterocycles. The molecule has 1 fully saturated rings. The van der Waals surface area contributed by atoms with E-state index < -0.39 is 0 Å². The fourth-order valence-electron chi connectivity index (χ4n) is 2.37. The Labute approximate surface area is 98.2 Å². The maximum Gasteiger partial charge on any atom is 0.119 e. The van der Waals surface area contributed by atoms with Crippen molar-refractivity contribution in [2.75, 3.05) is 26.7 Å². The molecule has 2 rings (SSSR count). The lowest BCUT2D eigenvalue weighted by Crippen LogP contribution is -2.29. The van der Waals surface area contributed by atoms with Crippen LogP contribution in [0.4, 0.5) is 0 Å². The van der Waals surface area contributed by atoms with E-state index in [0.29, 0.717) is 0 Å². The summed E-state index contributed by atoms with van der Waals surface area (Å²) in [6.45, 7) is 5.20. The van der Waals surface area contributed by atoms with Crippen LogP contribution in [0, 0.1) is 0 Å². The molecule has 0 saturated carbocycles. The molecular weight excluding hydrogens is 198 g/mol. The molecule has 1 aliphatic rings. The van der Waals surface area contributed by atoms with Gasteiger partial charge in [0, 0.05) is 0 Å². The summed E-state index contributed by atoms with van der Waals surface area (Å²) in [5.41, 5.74) is 1.44. The molecule has 0 aromatic heterocycles. The number of piperidine rings is 1. The van der Waals surface area contributed by atoms with Gasteiger partial charge in [-0.3, -0.25) is 0 Å². The predicted octanol–water partition coefficient (Wildman–Crippen LogP) is 2.89. The standard InChI is InChI=1S/C14H21NO/c1-3-16-14-6-4-5-13(11-14)12-7-9-15(2)10-8-12/h4-6,11-12H,3,7-10H2,1-2H3. The van der Waals surface area contributed by atoms with E-state index in [-0.39, 0.29) is 0 Å². The number of rotatable bonds is 3. The zero-order valence-electron chi connectivity index (χ0n) is 10.3. The quantitative estimate of drug-likeness (QED) is 0.775. The molecule has 2 heteroatoms. The highest BCUT2D eigenvalue weighted by Gasteiger charge is 2.18. The third kappa shape index (κ3) is 2.76. The highest BCUT2D eigenvalue weighted by atomic mass is 16.5. The molecule has 1 heterocycles. The normalized spacial score (nSPS) is 18.6. The third-order valence-electron chi connectivity index (χ3n) is 3.36. The van der Waals surface area contributed by atoms with Crippen molar-refractivity contribution in [3.63, 3.8) is 0 Å². The summed E-state index contributed by atoms with van der Waals surface area (Å²) in [5.74, 6) is 1.73. The zero-order valence-corrected chi connectivity index (χ0v) is 10.3. The Hall–Kier alpha value is -1.02. The minimum Gasteiger partial charge on any atom is -0.494 e. The van der Waals surface area contributed by atoms with Gasteiger partial charge >= 0.3 is 0 Å². The Morgan fingerprint density at radius 2 is 2.06 bits per heavy atom. The van der Waals surface area contributed by atoms with Crippen LogP contribution in [0.3, 0.4) is 0 Å². The van der Waals surface area contributed by atoms with E-state index >= 15 is 0 Å². The number of likely N-dealkylation sites (tertiary alicyclic amines) is 1. The molecule has 0 atom stereocenters. The first-order valence-electron chi connectivity index (χ1n) is 6.21. The first-order valence-corrected chi connectivity index (χ1v) is 6.21. The lowest BCUT2D eigenvalue weighted by Gasteiger charge is -2.29. The topological polar surface area (TPSA) is 12.5 Å². The summed E-state index contributed by atoms with van der Waals surface area (Å²) in [7, 11) is 2.20. The van der Waals surface area contributed by atoms with Crippen molar-refractivity contribution >= 4 is 0 Å². The third-order valence-corrected chi connectivity index (χ3v) is 3.36. The minimum atomic E-state index is 0.719. The largest absolute Gasteiger partial charge is 0.494 e. The Morgan fingerprint density at radius 3 is 2.75 bits per heavy atom. The van der Waals surface area contributed by atoms with Crippen molar-refractivity contribution in [3.8, 4) is 5.75 Å². The fraction of sp³-hybridized carbons (Fsp3) is 0.571. The average molecular weight is 219 g/mol. The molecule has 88 valence electrons. The van der Waals surface area contributed by atoms with E-state index in [9.17, 15) is 0 Å². The first kappa shape index (κ1) is 11.5. The van der Waals surface area contributed by atoms with Crippen LogP contribution in [0.15, 0.2) is 24.3 Å². The molecule has 1 aromatic rings. The van der Waals surface area contributed by atoms with Gasteiger partial charge in [0.15, 0.2) is 0 Å². The van der Waals surface area contributed by atoms with E-state index in [1.54, 1.807) is 0 Å². The zero-order chi connectivity index (χ0) is 11.4. The maximum absolute atomic E-state index is 5.55. The van der Waals surface area contributed by atoms with Gasteiger partial charge in [0.25, 0.3) is 0 Å². The van der Waals surface area contributed by atoms with Crippen molar-refractivity contribution in [2.45, 2.75) is 25.7 Å². The van der Waals surface area contributed by atoms with Crippen LogP contribution in [0.1, 0.15) is 31.2 Å². The van der Waals surface area contributed by atoms with Crippen LogP contribution in [0.25, 0.3) is 0 Å². The number of ether oxygens (including phenoxy) is 1. The lowest BCUT2D eigenvalue weighted by molar-refractivity contribution is 0.255. The minimum absolute atomic E-state index is 0.719. The molecule has 0 N–H and O–H groups in total. The summed E-state index contributed by atoms with van der Waals surface area (Å²) >= 11 is 0. The molecule has 0 amide bonds. The van der Waals surface area contributed by atoms with E-state index in [0.717, 1.165) is 18.3 Å². The van der Waals surface area contributed by atoms with Gasteiger partial charge in [-0.15, -0.1) is 0 Å². The van der Waals surface area contributed by atoms with Crippen LogP contribution in [0.2, 0.25) is 0 Å². The molecule has 16 heavy (non-hydrogen) atoms. The summed E-state index contributed by atoms with van der Waals surface area (Å²) in [4.78, 5) is 2.41. The van der Waals surface area contributed by atoms with Gasteiger partial charge < -0.3 is 9.64 Å². The van der Waals surface area contributed by atoms with Gasteiger partial charge in [0.05, 0.1) is 6.61 Å². The van der Waals surface area contributed by atoms with Crippen LogP contribution in [-0.4, -0.2) is 31.6 Å².